The second-order valence-corrected chi connectivity index (χ2v) is 10.2. The van der Waals surface area contributed by atoms with Gasteiger partial charge < -0.3 is 14.5 Å². The fraction of sp³-hybridized carbons (Fsp3) is 0.731. The second-order valence-electron chi connectivity index (χ2n) is 10.2. The van der Waals surface area contributed by atoms with Crippen molar-refractivity contribution in [2.45, 2.75) is 82.7 Å². The third-order valence-corrected chi connectivity index (χ3v) is 8.14. The lowest BCUT2D eigenvalue weighted by molar-refractivity contribution is 0.245. The molecule has 2 heterocycles. The van der Waals surface area contributed by atoms with Crippen LogP contribution >= 0.6 is 0 Å². The monoisotopic (exact) mass is 409 g/mol. The Bertz CT molecular complexity index is 718. The third kappa shape index (κ3) is 4.33. The van der Waals surface area contributed by atoms with E-state index in [9.17, 15) is 0 Å². The molecule has 30 heavy (non-hydrogen) atoms. The summed E-state index contributed by atoms with van der Waals surface area (Å²) in [6.45, 7) is 3.41. The molecule has 3 fully saturated rings. The molecule has 1 aromatic rings. The number of hydrogen-bond donors (Lipinski definition) is 0. The normalized spacial score (nSPS) is 27.6. The molecule has 0 unspecified atom stereocenters. The van der Waals surface area contributed by atoms with Gasteiger partial charge in [0, 0.05) is 13.1 Å². The van der Waals surface area contributed by atoms with Crippen molar-refractivity contribution in [2.75, 3.05) is 26.7 Å². The fourth-order valence-electron chi connectivity index (χ4n) is 6.43. The molecule has 2 aliphatic heterocycles. The van der Waals surface area contributed by atoms with E-state index < -0.39 is 0 Å². The lowest BCUT2D eigenvalue weighted by Gasteiger charge is -2.29. The van der Waals surface area contributed by atoms with Gasteiger partial charge in [-0.3, -0.25) is 4.99 Å². The Hall–Kier alpha value is -1.71. The molecular weight excluding hydrogens is 370 g/mol. The third-order valence-electron chi connectivity index (χ3n) is 8.14. The van der Waals surface area contributed by atoms with Gasteiger partial charge >= 0.3 is 0 Å². The van der Waals surface area contributed by atoms with E-state index >= 15 is 0 Å². The van der Waals surface area contributed by atoms with Crippen molar-refractivity contribution in [3.8, 4) is 5.75 Å². The van der Waals surface area contributed by atoms with Crippen molar-refractivity contribution >= 4 is 5.96 Å². The molecule has 2 aliphatic carbocycles. The average Bonchev–Trinajstić information content (AvgIpc) is 3.50. The van der Waals surface area contributed by atoms with Crippen molar-refractivity contribution in [1.82, 2.24) is 9.80 Å². The summed E-state index contributed by atoms with van der Waals surface area (Å²) >= 11 is 0. The summed E-state index contributed by atoms with van der Waals surface area (Å²) in [7, 11) is 1.74. The average molecular weight is 410 g/mol. The lowest BCUT2D eigenvalue weighted by atomic mass is 9.84. The summed E-state index contributed by atoms with van der Waals surface area (Å²) < 4.78 is 5.36. The zero-order valence-electron chi connectivity index (χ0n) is 18.8. The molecule has 5 rings (SSSR count). The fourth-order valence-corrected chi connectivity index (χ4v) is 6.43. The largest absolute Gasteiger partial charge is 0.497 e. The topological polar surface area (TPSA) is 28.1 Å². The lowest BCUT2D eigenvalue weighted by Crippen LogP contribution is -2.40. The van der Waals surface area contributed by atoms with E-state index in [1.54, 1.807) is 7.11 Å². The summed E-state index contributed by atoms with van der Waals surface area (Å²) in [6, 6.07) is 9.92. The van der Waals surface area contributed by atoms with Gasteiger partial charge in [-0.15, -0.1) is 0 Å². The van der Waals surface area contributed by atoms with E-state index in [1.807, 2.05) is 0 Å². The van der Waals surface area contributed by atoms with Crippen LogP contribution in [0.4, 0.5) is 0 Å². The van der Waals surface area contributed by atoms with E-state index in [-0.39, 0.29) is 0 Å². The summed E-state index contributed by atoms with van der Waals surface area (Å²) in [5.74, 6) is 4.08. The highest BCUT2D eigenvalue weighted by Gasteiger charge is 2.43. The first kappa shape index (κ1) is 20.2. The first-order valence-electron chi connectivity index (χ1n) is 12.5. The van der Waals surface area contributed by atoms with Crippen LogP contribution in [-0.2, 0) is 6.42 Å². The Balaban J connectivity index is 1.29. The van der Waals surface area contributed by atoms with Crippen molar-refractivity contribution < 1.29 is 4.74 Å². The Morgan fingerprint density at radius 3 is 2.33 bits per heavy atom. The molecule has 1 saturated heterocycles. The van der Waals surface area contributed by atoms with Crippen molar-refractivity contribution in [3.63, 3.8) is 0 Å². The van der Waals surface area contributed by atoms with E-state index in [1.165, 1.54) is 82.3 Å². The first-order valence-corrected chi connectivity index (χ1v) is 12.5. The van der Waals surface area contributed by atoms with Gasteiger partial charge in [-0.05, 0) is 55.2 Å². The highest BCUT2D eigenvalue weighted by molar-refractivity contribution is 5.84. The van der Waals surface area contributed by atoms with Crippen LogP contribution in [0.1, 0.15) is 69.8 Å². The van der Waals surface area contributed by atoms with Crippen LogP contribution in [0.25, 0.3) is 0 Å². The van der Waals surface area contributed by atoms with Crippen LogP contribution in [0.5, 0.6) is 5.75 Å². The highest BCUT2D eigenvalue weighted by atomic mass is 16.5. The summed E-state index contributed by atoms with van der Waals surface area (Å²) in [6.07, 6.45) is 15.4. The number of hydrogen-bond acceptors (Lipinski definition) is 4. The molecule has 0 aromatic heterocycles. The molecule has 1 aromatic carbocycles. The Kier molecular flexibility index (Phi) is 6.19. The SMILES string of the molecule is COc1ccc(C[C@H]2CN3C(=NC[C@H]3CC3CCCCC3)N2CC2CCCC2)cc1. The minimum atomic E-state index is 0.562. The summed E-state index contributed by atoms with van der Waals surface area (Å²) in [5.41, 5.74) is 1.42. The quantitative estimate of drug-likeness (QED) is 0.625. The van der Waals surface area contributed by atoms with Crippen LogP contribution in [0.3, 0.4) is 0 Å². The van der Waals surface area contributed by atoms with Crippen LogP contribution < -0.4 is 4.74 Å². The molecule has 0 radical (unpaired) electrons. The number of nitrogens with zero attached hydrogens (tertiary/aromatic N) is 3. The molecule has 4 nitrogen and oxygen atoms in total. The van der Waals surface area contributed by atoms with Crippen molar-refractivity contribution in [3.05, 3.63) is 29.8 Å². The van der Waals surface area contributed by atoms with E-state index in [0.717, 1.165) is 37.1 Å². The van der Waals surface area contributed by atoms with E-state index in [0.29, 0.717) is 12.1 Å². The smallest absolute Gasteiger partial charge is 0.197 e. The van der Waals surface area contributed by atoms with Crippen LogP contribution in [0.2, 0.25) is 0 Å². The maximum Gasteiger partial charge on any atom is 0.197 e. The van der Waals surface area contributed by atoms with Crippen LogP contribution in [-0.4, -0.2) is 54.6 Å². The Morgan fingerprint density at radius 1 is 0.900 bits per heavy atom. The molecule has 0 spiro atoms. The number of methoxy groups -OCH3 is 1. The van der Waals surface area contributed by atoms with Crippen LogP contribution in [0.15, 0.2) is 29.3 Å². The van der Waals surface area contributed by atoms with Crippen molar-refractivity contribution in [2.24, 2.45) is 16.8 Å². The van der Waals surface area contributed by atoms with Gasteiger partial charge in [0.1, 0.15) is 5.75 Å². The number of fused-ring (bicyclic) bond motifs is 1. The van der Waals surface area contributed by atoms with Gasteiger partial charge in [0.25, 0.3) is 0 Å². The van der Waals surface area contributed by atoms with Crippen molar-refractivity contribution in [1.29, 1.82) is 0 Å². The summed E-state index contributed by atoms with van der Waals surface area (Å²) in [4.78, 5) is 10.6. The number of ether oxygens (including phenoxy) is 1. The second kappa shape index (κ2) is 9.20. The first-order chi connectivity index (χ1) is 14.8. The molecule has 2 saturated carbocycles. The zero-order valence-corrected chi connectivity index (χ0v) is 18.8. The zero-order chi connectivity index (χ0) is 20.3. The number of aliphatic imine (C=N–C) groups is 1. The van der Waals surface area contributed by atoms with Gasteiger partial charge in [-0.25, -0.2) is 0 Å². The molecule has 0 bridgehead atoms. The minimum absolute atomic E-state index is 0.562. The number of guanidine groups is 1. The summed E-state index contributed by atoms with van der Waals surface area (Å²) in [5, 5.41) is 0. The van der Waals surface area contributed by atoms with Gasteiger partial charge in [-0.1, -0.05) is 57.1 Å². The maximum absolute atomic E-state index is 5.36. The van der Waals surface area contributed by atoms with Gasteiger partial charge in [0.15, 0.2) is 5.96 Å². The maximum atomic E-state index is 5.36. The molecule has 4 aliphatic rings. The standard InChI is InChI=1S/C26H39N3O/c1-30-25-13-11-21(12-14-25)16-24-19-29-23(15-20-7-3-2-4-8-20)17-27-26(29)28(24)18-22-9-5-6-10-22/h11-14,20,22-24H,2-10,15-19H2,1H3/t23-,24+/m1/s1. The number of benzene rings is 1. The Labute approximate surface area is 182 Å². The molecule has 2 atom stereocenters. The van der Waals surface area contributed by atoms with E-state index in [4.69, 9.17) is 9.73 Å². The predicted octanol–water partition coefficient (Wildman–Crippen LogP) is 5.12. The minimum Gasteiger partial charge on any atom is -0.497 e. The van der Waals surface area contributed by atoms with Gasteiger partial charge in [-0.2, -0.15) is 0 Å². The molecule has 4 heteroatoms. The van der Waals surface area contributed by atoms with E-state index in [2.05, 4.69) is 34.1 Å². The molecule has 0 amide bonds. The highest BCUT2D eigenvalue weighted by Crippen LogP contribution is 2.35. The van der Waals surface area contributed by atoms with Gasteiger partial charge in [0.2, 0.25) is 0 Å². The molecule has 164 valence electrons. The Morgan fingerprint density at radius 2 is 1.60 bits per heavy atom. The molecular formula is C26H39N3O. The molecule has 0 N–H and O–H groups in total. The number of rotatable bonds is 7. The van der Waals surface area contributed by atoms with Crippen LogP contribution in [0, 0.1) is 11.8 Å². The predicted molar refractivity (Wildman–Crippen MR) is 123 cm³/mol. The van der Waals surface area contributed by atoms with Gasteiger partial charge in [0.05, 0.1) is 25.7 Å².